The monoisotopic (exact) mass is 236 g/mol. The Bertz CT molecular complexity index is 165. The second-order valence-corrected chi connectivity index (χ2v) is 2.90. The molecule has 0 saturated carbocycles. The largest absolute Gasteiger partial charge is 0.463 e. The van der Waals surface area contributed by atoms with Gasteiger partial charge in [-0.2, -0.15) is 0 Å². The molecule has 100 valence electrons. The summed E-state index contributed by atoms with van der Waals surface area (Å²) in [4.78, 5) is 13.1. The third-order valence-electron chi connectivity index (χ3n) is 1.84. The van der Waals surface area contributed by atoms with Crippen molar-refractivity contribution in [3.63, 3.8) is 0 Å². The van der Waals surface area contributed by atoms with Gasteiger partial charge in [-0.05, 0) is 0 Å². The zero-order valence-electron chi connectivity index (χ0n) is 9.70. The normalized spacial score (nSPS) is 15.4. The Morgan fingerprint density at radius 3 is 2.50 bits per heavy atom. The van der Waals surface area contributed by atoms with Gasteiger partial charge in [-0.15, -0.1) is 0 Å². The van der Waals surface area contributed by atoms with E-state index in [9.17, 15) is 4.79 Å². The first kappa shape index (κ1) is 17.7. The lowest BCUT2D eigenvalue weighted by Crippen LogP contribution is -2.40. The van der Waals surface area contributed by atoms with Crippen LogP contribution in [0.15, 0.2) is 0 Å². The second kappa shape index (κ2) is 12.4. The Balaban J connectivity index is -0.000000464. The van der Waals surface area contributed by atoms with Crippen molar-refractivity contribution >= 4 is 5.97 Å². The second-order valence-electron chi connectivity index (χ2n) is 2.90. The van der Waals surface area contributed by atoms with Crippen LogP contribution >= 0.6 is 0 Å². The summed E-state index contributed by atoms with van der Waals surface area (Å²) in [5.41, 5.74) is 5.20. The van der Waals surface area contributed by atoms with Crippen LogP contribution < -0.4 is 5.73 Å². The summed E-state index contributed by atoms with van der Waals surface area (Å²) < 4.78 is 10.00. The molecule has 0 aliphatic carbocycles. The molecule has 0 unspecified atom stereocenters. The zero-order chi connectivity index (χ0) is 11.5. The number of morpholine rings is 1. The lowest BCUT2D eigenvalue weighted by molar-refractivity contribution is -0.145. The minimum atomic E-state index is -0.202. The smallest absolute Gasteiger partial charge is 0.320 e. The van der Waals surface area contributed by atoms with Crippen molar-refractivity contribution in [2.24, 2.45) is 5.73 Å². The van der Waals surface area contributed by atoms with Crippen molar-refractivity contribution in [3.05, 3.63) is 0 Å². The van der Waals surface area contributed by atoms with E-state index in [1.54, 1.807) is 0 Å². The molecule has 1 rings (SSSR count). The fourth-order valence-corrected chi connectivity index (χ4v) is 1.16. The van der Waals surface area contributed by atoms with Crippen molar-refractivity contribution in [1.29, 1.82) is 0 Å². The molecule has 2 N–H and O–H groups in total. The Morgan fingerprint density at radius 1 is 1.44 bits per heavy atom. The van der Waals surface area contributed by atoms with Crippen molar-refractivity contribution in [1.82, 2.24) is 4.90 Å². The van der Waals surface area contributed by atoms with Gasteiger partial charge in [0.25, 0.3) is 0 Å². The van der Waals surface area contributed by atoms with E-state index in [-0.39, 0.29) is 14.8 Å². The number of carbonyl (C=O) groups excluding carboxylic acids is 1. The summed E-state index contributed by atoms with van der Waals surface area (Å²) in [5.74, 6) is -0.202. The van der Waals surface area contributed by atoms with Gasteiger partial charge in [0.1, 0.15) is 6.61 Å². The van der Waals surface area contributed by atoms with Gasteiger partial charge in [-0.3, -0.25) is 9.69 Å². The highest BCUT2D eigenvalue weighted by molar-refractivity contribution is 5.71. The van der Waals surface area contributed by atoms with Gasteiger partial charge >= 0.3 is 5.97 Å². The highest BCUT2D eigenvalue weighted by atomic mass is 16.5. The minimum Gasteiger partial charge on any atom is -0.463 e. The van der Waals surface area contributed by atoms with Gasteiger partial charge in [0, 0.05) is 21.1 Å². The molecule has 1 aliphatic heterocycles. The van der Waals surface area contributed by atoms with Gasteiger partial charge in [-0.1, -0.05) is 21.3 Å². The number of ether oxygens (including phenoxy) is 2. The van der Waals surface area contributed by atoms with Gasteiger partial charge in [0.15, 0.2) is 0 Å². The molecule has 1 saturated heterocycles. The van der Waals surface area contributed by atoms with Crippen LogP contribution in [0.1, 0.15) is 22.7 Å². The molecular weight excluding hydrogens is 208 g/mol. The molecule has 0 bridgehead atoms. The molecular formula is C11H28N2O3. The van der Waals surface area contributed by atoms with E-state index in [0.717, 1.165) is 13.1 Å². The molecule has 16 heavy (non-hydrogen) atoms. The fourth-order valence-electron chi connectivity index (χ4n) is 1.16. The number of nitrogens with zero attached hydrogens (tertiary/aromatic N) is 1. The molecule has 5 heteroatoms. The van der Waals surface area contributed by atoms with Crippen LogP contribution in [0.5, 0.6) is 0 Å². The van der Waals surface area contributed by atoms with Gasteiger partial charge in [0.05, 0.1) is 19.8 Å². The third kappa shape index (κ3) is 8.64. The van der Waals surface area contributed by atoms with Crippen molar-refractivity contribution in [2.75, 3.05) is 46.0 Å². The molecule has 0 radical (unpaired) electrons. The summed E-state index contributed by atoms with van der Waals surface area (Å²) in [6.07, 6.45) is 0. The maximum Gasteiger partial charge on any atom is 0.320 e. The van der Waals surface area contributed by atoms with Crippen LogP contribution in [-0.2, 0) is 14.3 Å². The highest BCUT2D eigenvalue weighted by Crippen LogP contribution is 1.96. The topological polar surface area (TPSA) is 64.8 Å². The highest BCUT2D eigenvalue weighted by Gasteiger charge is 2.14. The summed E-state index contributed by atoms with van der Waals surface area (Å²) in [5, 5.41) is 0. The number of esters is 1. The Morgan fingerprint density at radius 2 is 2.00 bits per heavy atom. The van der Waals surface area contributed by atoms with E-state index in [0.29, 0.717) is 32.9 Å². The van der Waals surface area contributed by atoms with E-state index in [2.05, 4.69) is 0 Å². The minimum absolute atomic E-state index is 0. The number of rotatable bonds is 4. The standard InChI is InChI=1S/C8H16N2O3.C2H6.CH4.H2/c9-1-4-13-8(11)7-10-2-5-12-6-3-10;1-2;;/h1-7,9H2;1-2H3;1H4;1H. The summed E-state index contributed by atoms with van der Waals surface area (Å²) in [6, 6.07) is 0. The quantitative estimate of drug-likeness (QED) is 0.729. The molecule has 0 aromatic carbocycles. The van der Waals surface area contributed by atoms with E-state index in [4.69, 9.17) is 15.2 Å². The van der Waals surface area contributed by atoms with Gasteiger partial charge < -0.3 is 15.2 Å². The van der Waals surface area contributed by atoms with Crippen LogP contribution in [0.25, 0.3) is 0 Å². The lowest BCUT2D eigenvalue weighted by atomic mass is 10.4. The number of carbonyl (C=O) groups is 1. The zero-order valence-corrected chi connectivity index (χ0v) is 9.70. The Hall–Kier alpha value is -0.650. The first-order chi connectivity index (χ1) is 7.33. The van der Waals surface area contributed by atoms with Crippen LogP contribution in [0, 0.1) is 0 Å². The van der Waals surface area contributed by atoms with Crippen LogP contribution in [0.3, 0.4) is 0 Å². The molecule has 1 heterocycles. The van der Waals surface area contributed by atoms with E-state index in [1.807, 2.05) is 18.7 Å². The molecule has 5 nitrogen and oxygen atoms in total. The van der Waals surface area contributed by atoms with Crippen LogP contribution in [0.2, 0.25) is 0 Å². The molecule has 0 atom stereocenters. The average molecular weight is 236 g/mol. The fraction of sp³-hybridized carbons (Fsp3) is 0.909. The van der Waals surface area contributed by atoms with Crippen LogP contribution in [0.4, 0.5) is 0 Å². The number of hydrogen-bond acceptors (Lipinski definition) is 5. The molecule has 0 aromatic heterocycles. The maximum absolute atomic E-state index is 11.1. The average Bonchev–Trinajstić information content (AvgIpc) is 2.30. The van der Waals surface area contributed by atoms with Crippen molar-refractivity contribution < 1.29 is 15.7 Å². The van der Waals surface area contributed by atoms with Crippen molar-refractivity contribution in [2.45, 2.75) is 21.3 Å². The molecule has 0 aromatic rings. The molecule has 1 aliphatic rings. The molecule has 1 fully saturated rings. The summed E-state index contributed by atoms with van der Waals surface area (Å²) in [7, 11) is 0. The first-order valence-corrected chi connectivity index (χ1v) is 5.48. The summed E-state index contributed by atoms with van der Waals surface area (Å²) in [6.45, 7) is 8.05. The predicted molar refractivity (Wildman–Crippen MR) is 67.5 cm³/mol. The summed E-state index contributed by atoms with van der Waals surface area (Å²) >= 11 is 0. The van der Waals surface area contributed by atoms with Gasteiger partial charge in [0.2, 0.25) is 0 Å². The Labute approximate surface area is 100 Å². The van der Waals surface area contributed by atoms with Gasteiger partial charge in [-0.25, -0.2) is 0 Å². The SMILES string of the molecule is C.CC.NCCOC(=O)CN1CCOCC1.[HH]. The number of nitrogens with two attached hydrogens (primary N) is 1. The Kier molecular flexibility index (Phi) is 13.8. The maximum atomic E-state index is 11.1. The third-order valence-corrected chi connectivity index (χ3v) is 1.84. The lowest BCUT2D eigenvalue weighted by Gasteiger charge is -2.25. The van der Waals surface area contributed by atoms with Crippen LogP contribution in [-0.4, -0.2) is 56.9 Å². The van der Waals surface area contributed by atoms with E-state index < -0.39 is 0 Å². The molecule has 0 amide bonds. The predicted octanol–water partition coefficient (Wildman–Crippen LogP) is 0.729. The first-order valence-electron chi connectivity index (χ1n) is 5.48. The number of hydrogen-bond donors (Lipinski definition) is 1. The van der Waals surface area contributed by atoms with E-state index >= 15 is 0 Å². The van der Waals surface area contributed by atoms with Crippen molar-refractivity contribution in [3.8, 4) is 0 Å². The molecule has 0 spiro atoms. The van der Waals surface area contributed by atoms with E-state index in [1.165, 1.54) is 0 Å².